The number of likely N-dealkylation sites (tertiary alicyclic amines) is 1. The average Bonchev–Trinajstić information content (AvgIpc) is 3.44. The van der Waals surface area contributed by atoms with Gasteiger partial charge in [0.1, 0.15) is 12.7 Å². The van der Waals surface area contributed by atoms with Crippen LogP contribution in [0.15, 0.2) is 67.4 Å². The summed E-state index contributed by atoms with van der Waals surface area (Å²) in [5.41, 5.74) is 4.42. The van der Waals surface area contributed by atoms with Gasteiger partial charge in [-0.15, -0.1) is 0 Å². The highest BCUT2D eigenvalue weighted by Gasteiger charge is 2.26. The van der Waals surface area contributed by atoms with Crippen LogP contribution >= 0.6 is 0 Å². The molecule has 0 spiro atoms. The van der Waals surface area contributed by atoms with Gasteiger partial charge in [-0.1, -0.05) is 30.3 Å². The second-order valence-electron chi connectivity index (χ2n) is 7.65. The third kappa shape index (κ3) is 3.53. The second-order valence-corrected chi connectivity index (χ2v) is 7.65. The molecule has 4 aromatic rings. The summed E-state index contributed by atoms with van der Waals surface area (Å²) >= 11 is 0. The SMILES string of the molecule is O=C(c1ccc(Cn2cncn2)cc1)N1CCC(c2c[nH]c3ccccc23)CC1. The van der Waals surface area contributed by atoms with Crippen molar-refractivity contribution >= 4 is 16.8 Å². The Kier molecular flexibility index (Phi) is 4.60. The lowest BCUT2D eigenvalue weighted by Crippen LogP contribution is -2.37. The van der Waals surface area contributed by atoms with Crippen LogP contribution in [0.4, 0.5) is 0 Å². The third-order valence-electron chi connectivity index (χ3n) is 5.86. The molecule has 1 N–H and O–H groups in total. The zero-order valence-electron chi connectivity index (χ0n) is 16.2. The van der Waals surface area contributed by atoms with Gasteiger partial charge in [-0.05, 0) is 48.1 Å². The number of benzene rings is 2. The van der Waals surface area contributed by atoms with E-state index in [1.807, 2.05) is 29.2 Å². The molecular weight excluding hydrogens is 362 g/mol. The molecule has 1 aliphatic rings. The Hall–Kier alpha value is -3.41. The van der Waals surface area contributed by atoms with Gasteiger partial charge in [0, 0.05) is 35.8 Å². The number of para-hydroxylation sites is 1. The standard InChI is InChI=1S/C23H23N5O/c29-23(19-7-5-17(6-8-19)14-28-16-24-15-26-28)27-11-9-18(10-12-27)21-13-25-22-4-2-1-3-20(21)22/h1-8,13,15-16,18,25H,9-12,14H2. The number of fused-ring (bicyclic) bond motifs is 1. The fraction of sp³-hybridized carbons (Fsp3) is 0.261. The van der Waals surface area contributed by atoms with E-state index in [4.69, 9.17) is 0 Å². The van der Waals surface area contributed by atoms with Crippen LogP contribution < -0.4 is 0 Å². The molecule has 1 aliphatic heterocycles. The number of rotatable bonds is 4. The summed E-state index contributed by atoms with van der Waals surface area (Å²) in [4.78, 5) is 22.2. The number of piperidine rings is 1. The van der Waals surface area contributed by atoms with Crippen molar-refractivity contribution in [2.24, 2.45) is 0 Å². The van der Waals surface area contributed by atoms with Crippen molar-refractivity contribution in [2.45, 2.75) is 25.3 Å². The molecule has 6 heteroatoms. The van der Waals surface area contributed by atoms with Gasteiger partial charge < -0.3 is 9.88 Å². The topological polar surface area (TPSA) is 66.8 Å². The number of amides is 1. The molecule has 0 unspecified atom stereocenters. The molecule has 29 heavy (non-hydrogen) atoms. The Morgan fingerprint density at radius 3 is 2.62 bits per heavy atom. The molecule has 0 aliphatic carbocycles. The monoisotopic (exact) mass is 385 g/mol. The summed E-state index contributed by atoms with van der Waals surface area (Å²) in [7, 11) is 0. The van der Waals surface area contributed by atoms with Crippen LogP contribution in [-0.2, 0) is 6.54 Å². The van der Waals surface area contributed by atoms with Crippen molar-refractivity contribution in [1.82, 2.24) is 24.6 Å². The van der Waals surface area contributed by atoms with Crippen molar-refractivity contribution in [2.75, 3.05) is 13.1 Å². The maximum Gasteiger partial charge on any atom is 0.253 e. The number of hydrogen-bond donors (Lipinski definition) is 1. The Bertz CT molecular complexity index is 1110. The van der Waals surface area contributed by atoms with E-state index in [1.54, 1.807) is 11.0 Å². The van der Waals surface area contributed by atoms with Crippen LogP contribution in [0.25, 0.3) is 10.9 Å². The number of aromatic nitrogens is 4. The van der Waals surface area contributed by atoms with E-state index >= 15 is 0 Å². The van der Waals surface area contributed by atoms with E-state index < -0.39 is 0 Å². The van der Waals surface area contributed by atoms with Gasteiger partial charge in [0.15, 0.2) is 0 Å². The number of carbonyl (C=O) groups is 1. The first kappa shape index (κ1) is 17.7. The number of nitrogens with one attached hydrogen (secondary N) is 1. The van der Waals surface area contributed by atoms with Crippen molar-refractivity contribution in [3.8, 4) is 0 Å². The minimum absolute atomic E-state index is 0.120. The van der Waals surface area contributed by atoms with Gasteiger partial charge in [0.05, 0.1) is 6.54 Å². The molecule has 0 saturated carbocycles. The summed E-state index contributed by atoms with van der Waals surface area (Å²) in [5.74, 6) is 0.620. The van der Waals surface area contributed by atoms with Crippen molar-refractivity contribution in [3.05, 3.63) is 84.1 Å². The predicted octanol–water partition coefficient (Wildman–Crippen LogP) is 3.83. The number of H-pyrrole nitrogens is 1. The first-order chi connectivity index (χ1) is 14.3. The van der Waals surface area contributed by atoms with Gasteiger partial charge in [-0.25, -0.2) is 9.67 Å². The number of nitrogens with zero attached hydrogens (tertiary/aromatic N) is 4. The molecule has 1 saturated heterocycles. The molecule has 1 fully saturated rings. The molecule has 6 nitrogen and oxygen atoms in total. The van der Waals surface area contributed by atoms with Crippen molar-refractivity contribution < 1.29 is 4.79 Å². The summed E-state index contributed by atoms with van der Waals surface area (Å²) < 4.78 is 1.77. The van der Waals surface area contributed by atoms with E-state index in [1.165, 1.54) is 22.8 Å². The van der Waals surface area contributed by atoms with E-state index in [-0.39, 0.29) is 5.91 Å². The highest BCUT2D eigenvalue weighted by atomic mass is 16.2. The Labute approximate surface area is 169 Å². The van der Waals surface area contributed by atoms with Crippen LogP contribution in [0.5, 0.6) is 0 Å². The minimum Gasteiger partial charge on any atom is -0.361 e. The van der Waals surface area contributed by atoms with Gasteiger partial charge >= 0.3 is 0 Å². The molecule has 3 heterocycles. The zero-order chi connectivity index (χ0) is 19.6. The maximum atomic E-state index is 12.9. The molecule has 2 aromatic carbocycles. The lowest BCUT2D eigenvalue weighted by molar-refractivity contribution is 0.0713. The van der Waals surface area contributed by atoms with Gasteiger partial charge in [-0.3, -0.25) is 4.79 Å². The fourth-order valence-electron chi connectivity index (χ4n) is 4.26. The summed E-state index contributed by atoms with van der Waals surface area (Å²) in [6.45, 7) is 2.25. The molecular formula is C23H23N5O. The average molecular weight is 385 g/mol. The van der Waals surface area contributed by atoms with Gasteiger partial charge in [0.25, 0.3) is 5.91 Å². The normalized spacial score (nSPS) is 15.1. The Balaban J connectivity index is 1.23. The van der Waals surface area contributed by atoms with Gasteiger partial charge in [0.2, 0.25) is 0 Å². The van der Waals surface area contributed by atoms with Crippen LogP contribution in [-0.4, -0.2) is 43.6 Å². The molecule has 146 valence electrons. The molecule has 2 aromatic heterocycles. The van der Waals surface area contributed by atoms with Crippen molar-refractivity contribution in [3.63, 3.8) is 0 Å². The quantitative estimate of drug-likeness (QED) is 0.581. The molecule has 1 amide bonds. The van der Waals surface area contributed by atoms with E-state index in [0.29, 0.717) is 12.5 Å². The first-order valence-electron chi connectivity index (χ1n) is 10.0. The fourth-order valence-corrected chi connectivity index (χ4v) is 4.26. The highest BCUT2D eigenvalue weighted by molar-refractivity contribution is 5.94. The lowest BCUT2D eigenvalue weighted by Gasteiger charge is -2.32. The summed E-state index contributed by atoms with van der Waals surface area (Å²) in [6.07, 6.45) is 7.35. The molecule has 0 radical (unpaired) electrons. The van der Waals surface area contributed by atoms with Crippen molar-refractivity contribution in [1.29, 1.82) is 0 Å². The maximum absolute atomic E-state index is 12.9. The van der Waals surface area contributed by atoms with Crippen LogP contribution in [0, 0.1) is 0 Å². The molecule has 0 bridgehead atoms. The smallest absolute Gasteiger partial charge is 0.253 e. The van der Waals surface area contributed by atoms with E-state index in [0.717, 1.165) is 37.1 Å². The number of hydrogen-bond acceptors (Lipinski definition) is 3. The predicted molar refractivity (Wildman–Crippen MR) is 112 cm³/mol. The lowest BCUT2D eigenvalue weighted by atomic mass is 9.89. The van der Waals surface area contributed by atoms with Crippen LogP contribution in [0.3, 0.4) is 0 Å². The summed E-state index contributed by atoms with van der Waals surface area (Å²) in [5, 5.41) is 5.42. The van der Waals surface area contributed by atoms with E-state index in [9.17, 15) is 4.79 Å². The largest absolute Gasteiger partial charge is 0.361 e. The second kappa shape index (κ2) is 7.54. The van der Waals surface area contributed by atoms with Crippen LogP contribution in [0.1, 0.15) is 40.2 Å². The third-order valence-corrected chi connectivity index (χ3v) is 5.86. The van der Waals surface area contributed by atoms with Gasteiger partial charge in [-0.2, -0.15) is 5.10 Å². The molecule has 5 rings (SSSR count). The molecule has 0 atom stereocenters. The zero-order valence-corrected chi connectivity index (χ0v) is 16.2. The Morgan fingerprint density at radius 1 is 1.07 bits per heavy atom. The number of aromatic amines is 1. The van der Waals surface area contributed by atoms with Crippen LogP contribution in [0.2, 0.25) is 0 Å². The first-order valence-corrected chi connectivity index (χ1v) is 10.0. The summed E-state index contributed by atoms with van der Waals surface area (Å²) in [6, 6.07) is 16.3. The Morgan fingerprint density at radius 2 is 1.86 bits per heavy atom. The van der Waals surface area contributed by atoms with E-state index in [2.05, 4.69) is 45.5 Å². The highest BCUT2D eigenvalue weighted by Crippen LogP contribution is 2.33. The minimum atomic E-state index is 0.120. The number of carbonyl (C=O) groups excluding carboxylic acids is 1.